The molecule has 0 fully saturated rings. The van der Waals surface area contributed by atoms with Gasteiger partial charge >= 0.3 is 0 Å². The lowest BCUT2D eigenvalue weighted by Gasteiger charge is -2.07. The number of benzene rings is 1. The maximum Gasteiger partial charge on any atom is 0.139 e. The van der Waals surface area contributed by atoms with Crippen LogP contribution in [0.15, 0.2) is 24.3 Å². The Hall–Kier alpha value is -0.870. The molecule has 0 aliphatic carbocycles. The first kappa shape index (κ1) is 12.2. The van der Waals surface area contributed by atoms with Crippen LogP contribution in [0.5, 0.6) is 5.75 Å². The van der Waals surface area contributed by atoms with Crippen LogP contribution >= 0.6 is 0 Å². The van der Waals surface area contributed by atoms with Gasteiger partial charge in [0.1, 0.15) is 17.1 Å². The van der Waals surface area contributed by atoms with Crippen LogP contribution < -0.4 is 4.18 Å². The first-order valence-corrected chi connectivity index (χ1v) is 6.09. The monoisotopic (exact) mass is 227 g/mol. The number of unbranched alkanes of at least 4 members (excludes halogenated alkanes) is 2. The molecule has 0 aliphatic rings. The molecule has 0 aromatic heterocycles. The van der Waals surface area contributed by atoms with E-state index in [0.717, 1.165) is 6.42 Å². The van der Waals surface area contributed by atoms with Crippen LogP contribution in [-0.2, 0) is 17.8 Å². The molecule has 0 spiro atoms. The number of hydrogen-bond acceptors (Lipinski definition) is 3. The molecule has 0 heterocycles. The summed E-state index contributed by atoms with van der Waals surface area (Å²) in [6.07, 6.45) is 4.64. The van der Waals surface area contributed by atoms with Crippen LogP contribution in [0, 0.1) is 0 Å². The highest BCUT2D eigenvalue weighted by Gasteiger charge is 1.95. The number of hydrogen-bond donors (Lipinski definition) is 0. The standard InChI is InChI=1S/C11H16O3S/c1-2-3-4-5-10-6-8-11(9-7-10)14-15(12)13/h6-9H,2-5H2,1H3,(H,12,13)/p-1. The second kappa shape index (κ2) is 6.58. The van der Waals surface area contributed by atoms with E-state index in [9.17, 15) is 8.76 Å². The molecule has 0 N–H and O–H groups in total. The Balaban J connectivity index is 2.45. The van der Waals surface area contributed by atoms with Crippen LogP contribution in [0.2, 0.25) is 0 Å². The van der Waals surface area contributed by atoms with E-state index >= 15 is 0 Å². The maximum absolute atomic E-state index is 10.2. The quantitative estimate of drug-likeness (QED) is 0.554. The lowest BCUT2D eigenvalue weighted by atomic mass is 10.1. The fourth-order valence-electron chi connectivity index (χ4n) is 1.37. The van der Waals surface area contributed by atoms with Crippen LogP contribution in [-0.4, -0.2) is 8.76 Å². The van der Waals surface area contributed by atoms with Crippen molar-refractivity contribution in [1.29, 1.82) is 0 Å². The SMILES string of the molecule is CCCCCc1ccc(OS(=O)[O-])cc1. The van der Waals surface area contributed by atoms with Crippen molar-refractivity contribution >= 4 is 11.4 Å². The molecule has 4 heteroatoms. The summed E-state index contributed by atoms with van der Waals surface area (Å²) in [4.78, 5) is 0. The predicted molar refractivity (Wildman–Crippen MR) is 59.2 cm³/mol. The zero-order valence-electron chi connectivity index (χ0n) is 8.77. The van der Waals surface area contributed by atoms with Gasteiger partial charge in [-0.25, -0.2) is 4.21 Å². The lowest BCUT2D eigenvalue weighted by molar-refractivity contribution is 0.440. The van der Waals surface area contributed by atoms with Crippen molar-refractivity contribution in [3.8, 4) is 5.75 Å². The molecule has 0 aliphatic heterocycles. The molecule has 1 atom stereocenters. The smallest absolute Gasteiger partial charge is 0.139 e. The van der Waals surface area contributed by atoms with Gasteiger partial charge in [-0.15, -0.1) is 0 Å². The molecule has 84 valence electrons. The van der Waals surface area contributed by atoms with Gasteiger partial charge < -0.3 is 8.74 Å². The van der Waals surface area contributed by atoms with E-state index in [2.05, 4.69) is 11.1 Å². The molecule has 0 radical (unpaired) electrons. The van der Waals surface area contributed by atoms with Gasteiger partial charge in [-0.1, -0.05) is 31.9 Å². The average Bonchev–Trinajstić information content (AvgIpc) is 2.20. The average molecular weight is 227 g/mol. The van der Waals surface area contributed by atoms with E-state index in [0.29, 0.717) is 5.75 Å². The summed E-state index contributed by atoms with van der Waals surface area (Å²) < 4.78 is 25.0. The van der Waals surface area contributed by atoms with E-state index < -0.39 is 11.4 Å². The molecular weight excluding hydrogens is 212 g/mol. The highest BCUT2D eigenvalue weighted by atomic mass is 32.2. The normalized spacial score (nSPS) is 12.4. The molecule has 15 heavy (non-hydrogen) atoms. The summed E-state index contributed by atoms with van der Waals surface area (Å²) >= 11 is -2.48. The number of aryl methyl sites for hydroxylation is 1. The molecule has 3 nitrogen and oxygen atoms in total. The Morgan fingerprint density at radius 3 is 2.47 bits per heavy atom. The Labute approximate surface area is 93.0 Å². The van der Waals surface area contributed by atoms with Gasteiger partial charge in [0.15, 0.2) is 0 Å². The fraction of sp³-hybridized carbons (Fsp3) is 0.455. The summed E-state index contributed by atoms with van der Waals surface area (Å²) in [5, 5.41) is 0. The second-order valence-electron chi connectivity index (χ2n) is 3.39. The molecule has 0 saturated heterocycles. The largest absolute Gasteiger partial charge is 0.740 e. The first-order valence-electron chi connectivity index (χ1n) is 5.09. The molecular formula is C11H15O3S-. The predicted octanol–water partition coefficient (Wildman–Crippen LogP) is 2.59. The van der Waals surface area contributed by atoms with Crippen molar-refractivity contribution < 1.29 is 12.9 Å². The van der Waals surface area contributed by atoms with Crippen molar-refractivity contribution in [2.75, 3.05) is 0 Å². The van der Waals surface area contributed by atoms with E-state index in [4.69, 9.17) is 0 Å². The number of rotatable bonds is 6. The molecule has 1 rings (SSSR count). The minimum atomic E-state index is -2.48. The molecule has 1 aromatic rings. The van der Waals surface area contributed by atoms with Gasteiger partial charge in [-0.2, -0.15) is 0 Å². The summed E-state index contributed by atoms with van der Waals surface area (Å²) in [7, 11) is 0. The Bertz CT molecular complexity index is 308. The van der Waals surface area contributed by atoms with Crippen LogP contribution in [0.1, 0.15) is 31.7 Å². The molecule has 0 saturated carbocycles. The third kappa shape index (κ3) is 4.95. The highest BCUT2D eigenvalue weighted by Crippen LogP contribution is 2.14. The zero-order valence-corrected chi connectivity index (χ0v) is 9.59. The van der Waals surface area contributed by atoms with Gasteiger partial charge in [0.05, 0.1) is 0 Å². The summed E-state index contributed by atoms with van der Waals surface area (Å²) in [6, 6.07) is 7.16. The summed E-state index contributed by atoms with van der Waals surface area (Å²) in [5.74, 6) is 0.363. The molecule has 0 amide bonds. The highest BCUT2D eigenvalue weighted by molar-refractivity contribution is 7.74. The molecule has 0 bridgehead atoms. The van der Waals surface area contributed by atoms with Crippen molar-refractivity contribution in [2.24, 2.45) is 0 Å². The summed E-state index contributed by atoms with van der Waals surface area (Å²) in [6.45, 7) is 2.17. The van der Waals surface area contributed by atoms with E-state index in [-0.39, 0.29) is 0 Å². The Morgan fingerprint density at radius 2 is 1.93 bits per heavy atom. The maximum atomic E-state index is 10.2. The van der Waals surface area contributed by atoms with Gasteiger partial charge in [0.25, 0.3) is 0 Å². The third-order valence-electron chi connectivity index (χ3n) is 2.16. The minimum absolute atomic E-state index is 0.363. The Kier molecular flexibility index (Phi) is 5.36. The molecule has 1 aromatic carbocycles. The van der Waals surface area contributed by atoms with Crippen molar-refractivity contribution in [3.05, 3.63) is 29.8 Å². The van der Waals surface area contributed by atoms with Crippen LogP contribution in [0.25, 0.3) is 0 Å². The lowest BCUT2D eigenvalue weighted by Crippen LogP contribution is -1.97. The van der Waals surface area contributed by atoms with Gasteiger partial charge in [-0.3, -0.25) is 0 Å². The summed E-state index contributed by atoms with van der Waals surface area (Å²) in [5.41, 5.74) is 1.22. The van der Waals surface area contributed by atoms with E-state index in [1.807, 2.05) is 12.1 Å². The van der Waals surface area contributed by atoms with E-state index in [1.54, 1.807) is 12.1 Å². The van der Waals surface area contributed by atoms with Crippen LogP contribution in [0.3, 0.4) is 0 Å². The van der Waals surface area contributed by atoms with Crippen LogP contribution in [0.4, 0.5) is 0 Å². The molecule has 1 unspecified atom stereocenters. The van der Waals surface area contributed by atoms with Gasteiger partial charge in [0.2, 0.25) is 0 Å². The topological polar surface area (TPSA) is 49.4 Å². The van der Waals surface area contributed by atoms with E-state index in [1.165, 1.54) is 24.8 Å². The van der Waals surface area contributed by atoms with Gasteiger partial charge in [-0.05, 0) is 30.5 Å². The van der Waals surface area contributed by atoms with Crippen molar-refractivity contribution in [1.82, 2.24) is 0 Å². The third-order valence-corrected chi connectivity index (χ3v) is 2.49. The van der Waals surface area contributed by atoms with Crippen molar-refractivity contribution in [2.45, 2.75) is 32.6 Å². The minimum Gasteiger partial charge on any atom is -0.740 e. The Morgan fingerprint density at radius 1 is 1.27 bits per heavy atom. The second-order valence-corrected chi connectivity index (χ2v) is 3.96. The first-order chi connectivity index (χ1) is 7.22. The van der Waals surface area contributed by atoms with Gasteiger partial charge in [0, 0.05) is 0 Å². The van der Waals surface area contributed by atoms with Crippen molar-refractivity contribution in [3.63, 3.8) is 0 Å². The fourth-order valence-corrected chi connectivity index (χ4v) is 1.64. The zero-order chi connectivity index (χ0) is 11.1.